The first-order valence-electron chi connectivity index (χ1n) is 8.54. The van der Waals surface area contributed by atoms with Gasteiger partial charge in [-0.1, -0.05) is 46.6 Å². The van der Waals surface area contributed by atoms with Gasteiger partial charge in [-0.3, -0.25) is 0 Å². The molecule has 1 atom stereocenters. The normalized spacial score (nSPS) is 20.4. The van der Waals surface area contributed by atoms with Gasteiger partial charge in [0.15, 0.2) is 0 Å². The Morgan fingerprint density at radius 3 is 2.26 bits per heavy atom. The molecule has 0 N–H and O–H groups in total. The summed E-state index contributed by atoms with van der Waals surface area (Å²) in [5, 5.41) is 0. The Hall–Kier alpha value is -0.300. The van der Waals surface area contributed by atoms with Crippen LogP contribution in [0.1, 0.15) is 65.7 Å². The molecule has 0 aromatic carbocycles. The molecule has 1 unspecified atom stereocenters. The van der Waals surface area contributed by atoms with Crippen molar-refractivity contribution in [3.8, 4) is 0 Å². The van der Waals surface area contributed by atoms with Crippen LogP contribution in [0.5, 0.6) is 0 Å². The second kappa shape index (κ2) is 8.79. The Morgan fingerprint density at radius 2 is 1.68 bits per heavy atom. The molecular formula is C18H36N+. The van der Waals surface area contributed by atoms with Gasteiger partial charge in [0, 0.05) is 0 Å². The fourth-order valence-electron chi connectivity index (χ4n) is 3.47. The zero-order valence-electron chi connectivity index (χ0n) is 13.7. The van der Waals surface area contributed by atoms with Crippen LogP contribution in [0.3, 0.4) is 0 Å². The zero-order valence-corrected chi connectivity index (χ0v) is 13.7. The molecule has 1 aliphatic heterocycles. The van der Waals surface area contributed by atoms with E-state index in [-0.39, 0.29) is 0 Å². The lowest BCUT2D eigenvalue weighted by Crippen LogP contribution is -2.52. The van der Waals surface area contributed by atoms with Crippen molar-refractivity contribution in [2.75, 3.05) is 26.2 Å². The summed E-state index contributed by atoms with van der Waals surface area (Å²) in [5.41, 5.74) is 0. The van der Waals surface area contributed by atoms with E-state index in [2.05, 4.69) is 33.4 Å². The topological polar surface area (TPSA) is 0 Å². The van der Waals surface area contributed by atoms with Crippen molar-refractivity contribution >= 4 is 0 Å². The van der Waals surface area contributed by atoms with Gasteiger partial charge in [-0.2, -0.15) is 0 Å². The highest BCUT2D eigenvalue weighted by Crippen LogP contribution is 2.23. The van der Waals surface area contributed by atoms with Gasteiger partial charge in [-0.25, -0.2) is 0 Å². The van der Waals surface area contributed by atoms with Gasteiger partial charge in [0.1, 0.15) is 0 Å². The Labute approximate surface area is 121 Å². The molecular weight excluding hydrogens is 230 g/mol. The lowest BCUT2D eigenvalue weighted by molar-refractivity contribution is -0.927. The van der Waals surface area contributed by atoms with E-state index in [0.717, 1.165) is 11.8 Å². The van der Waals surface area contributed by atoms with Gasteiger partial charge >= 0.3 is 0 Å². The zero-order chi connectivity index (χ0) is 14.1. The lowest BCUT2D eigenvalue weighted by atomic mass is 9.96. The molecule has 1 nitrogen and oxygen atoms in total. The molecule has 112 valence electrons. The van der Waals surface area contributed by atoms with Crippen LogP contribution in [-0.4, -0.2) is 30.7 Å². The largest absolute Gasteiger partial charge is 0.320 e. The average molecular weight is 266 g/mol. The maximum absolute atomic E-state index is 3.98. The van der Waals surface area contributed by atoms with Crippen molar-refractivity contribution in [2.24, 2.45) is 11.8 Å². The molecule has 0 bridgehead atoms. The third-order valence-electron chi connectivity index (χ3n) is 4.86. The molecule has 0 saturated carbocycles. The monoisotopic (exact) mass is 266 g/mol. The van der Waals surface area contributed by atoms with Crippen LogP contribution in [0.25, 0.3) is 0 Å². The van der Waals surface area contributed by atoms with E-state index in [9.17, 15) is 0 Å². The maximum Gasteiger partial charge on any atom is 0.0971 e. The molecule has 1 heteroatoms. The van der Waals surface area contributed by atoms with Gasteiger partial charge in [0.25, 0.3) is 0 Å². The highest BCUT2D eigenvalue weighted by atomic mass is 15.3. The van der Waals surface area contributed by atoms with Crippen LogP contribution in [0.2, 0.25) is 0 Å². The molecule has 1 aliphatic rings. The second-order valence-electron chi connectivity index (χ2n) is 7.26. The van der Waals surface area contributed by atoms with E-state index in [0.29, 0.717) is 0 Å². The number of likely N-dealkylation sites (tertiary alicyclic amines) is 1. The van der Waals surface area contributed by atoms with Gasteiger partial charge < -0.3 is 4.48 Å². The van der Waals surface area contributed by atoms with E-state index in [4.69, 9.17) is 0 Å². The molecule has 0 aliphatic carbocycles. The number of nitrogens with zero attached hydrogens (tertiary/aromatic N) is 1. The summed E-state index contributed by atoms with van der Waals surface area (Å²) in [6.45, 7) is 16.5. The van der Waals surface area contributed by atoms with Gasteiger partial charge in [-0.05, 0) is 43.6 Å². The van der Waals surface area contributed by atoms with Crippen molar-refractivity contribution in [2.45, 2.75) is 65.7 Å². The summed E-state index contributed by atoms with van der Waals surface area (Å²) in [6.07, 6.45) is 12.1. The summed E-state index contributed by atoms with van der Waals surface area (Å²) in [6, 6.07) is 0. The van der Waals surface area contributed by atoms with E-state index in [1.165, 1.54) is 75.6 Å². The van der Waals surface area contributed by atoms with Crippen molar-refractivity contribution in [3.05, 3.63) is 12.7 Å². The molecule has 0 aromatic heterocycles. The first kappa shape index (κ1) is 16.8. The molecule has 0 spiro atoms. The number of piperidine rings is 1. The number of hydrogen-bond donors (Lipinski definition) is 0. The SMILES string of the molecule is C=CC[N+]1(CCC(C)CCCC(C)C)CCCCC1. The van der Waals surface area contributed by atoms with E-state index in [1.54, 1.807) is 0 Å². The minimum Gasteiger partial charge on any atom is -0.320 e. The summed E-state index contributed by atoms with van der Waals surface area (Å²) in [5.74, 6) is 1.77. The van der Waals surface area contributed by atoms with Gasteiger partial charge in [0.2, 0.25) is 0 Å². The van der Waals surface area contributed by atoms with Gasteiger partial charge in [-0.15, -0.1) is 0 Å². The lowest BCUT2D eigenvalue weighted by Gasteiger charge is -2.41. The van der Waals surface area contributed by atoms with Gasteiger partial charge in [0.05, 0.1) is 26.2 Å². The Bertz CT molecular complexity index is 238. The van der Waals surface area contributed by atoms with Crippen LogP contribution >= 0.6 is 0 Å². The summed E-state index contributed by atoms with van der Waals surface area (Å²) in [7, 11) is 0. The molecule has 1 heterocycles. The highest BCUT2D eigenvalue weighted by molar-refractivity contribution is 4.69. The van der Waals surface area contributed by atoms with Crippen molar-refractivity contribution in [3.63, 3.8) is 0 Å². The molecule has 0 amide bonds. The quantitative estimate of drug-likeness (QED) is 0.406. The molecule has 0 aromatic rings. The minimum absolute atomic E-state index is 0.869. The standard InChI is InChI=1S/C18H36N/c1-5-13-19(14-7-6-8-15-19)16-12-18(4)11-9-10-17(2)3/h5,17-18H,1,6-16H2,2-4H3/q+1. The van der Waals surface area contributed by atoms with E-state index < -0.39 is 0 Å². The first-order chi connectivity index (χ1) is 9.08. The Morgan fingerprint density at radius 1 is 1.00 bits per heavy atom. The third kappa shape index (κ3) is 6.61. The highest BCUT2D eigenvalue weighted by Gasteiger charge is 2.28. The van der Waals surface area contributed by atoms with Crippen molar-refractivity contribution in [1.82, 2.24) is 0 Å². The van der Waals surface area contributed by atoms with Crippen LogP contribution in [0.15, 0.2) is 12.7 Å². The average Bonchev–Trinajstić information content (AvgIpc) is 2.38. The minimum atomic E-state index is 0.869. The molecule has 19 heavy (non-hydrogen) atoms. The van der Waals surface area contributed by atoms with Crippen LogP contribution in [-0.2, 0) is 0 Å². The predicted octanol–water partition coefficient (Wildman–Crippen LogP) is 5.03. The van der Waals surface area contributed by atoms with Crippen molar-refractivity contribution < 1.29 is 4.48 Å². The maximum atomic E-state index is 3.98. The summed E-state index contributed by atoms with van der Waals surface area (Å²) >= 11 is 0. The van der Waals surface area contributed by atoms with Crippen LogP contribution < -0.4 is 0 Å². The van der Waals surface area contributed by atoms with E-state index in [1.807, 2.05) is 0 Å². The third-order valence-corrected chi connectivity index (χ3v) is 4.86. The number of rotatable bonds is 9. The molecule has 1 rings (SSSR count). The van der Waals surface area contributed by atoms with Crippen LogP contribution in [0.4, 0.5) is 0 Å². The molecule has 1 fully saturated rings. The Kier molecular flexibility index (Phi) is 7.75. The number of quaternary nitrogens is 1. The van der Waals surface area contributed by atoms with Crippen molar-refractivity contribution in [1.29, 1.82) is 0 Å². The second-order valence-corrected chi connectivity index (χ2v) is 7.26. The Balaban J connectivity index is 2.28. The van der Waals surface area contributed by atoms with Crippen LogP contribution in [0, 0.1) is 11.8 Å². The summed E-state index contributed by atoms with van der Waals surface area (Å²) < 4.78 is 1.33. The number of hydrogen-bond acceptors (Lipinski definition) is 0. The first-order valence-corrected chi connectivity index (χ1v) is 8.54. The smallest absolute Gasteiger partial charge is 0.0971 e. The predicted molar refractivity (Wildman–Crippen MR) is 86.2 cm³/mol. The molecule has 1 saturated heterocycles. The fraction of sp³-hybridized carbons (Fsp3) is 0.889. The fourth-order valence-corrected chi connectivity index (χ4v) is 3.47. The van der Waals surface area contributed by atoms with E-state index >= 15 is 0 Å². The molecule has 0 radical (unpaired) electrons. The summed E-state index contributed by atoms with van der Waals surface area (Å²) in [4.78, 5) is 0.